The smallest absolute Gasteiger partial charge is 0.355 e. The summed E-state index contributed by atoms with van der Waals surface area (Å²) in [6, 6.07) is 0. The number of alkyl halides is 3. The molecule has 6 nitrogen and oxygen atoms in total. The van der Waals surface area contributed by atoms with E-state index in [1.807, 2.05) is 0 Å². The van der Waals surface area contributed by atoms with Crippen LogP contribution < -0.4 is 10.6 Å². The van der Waals surface area contributed by atoms with Gasteiger partial charge in [0.2, 0.25) is 5.91 Å². The van der Waals surface area contributed by atoms with Crippen LogP contribution in [0.25, 0.3) is 0 Å². The van der Waals surface area contributed by atoms with Crippen molar-refractivity contribution < 1.29 is 18.0 Å². The molecule has 0 aromatic carbocycles. The number of amides is 1. The van der Waals surface area contributed by atoms with Gasteiger partial charge in [-0.15, -0.1) is 11.3 Å². The first kappa shape index (κ1) is 18.0. The molecule has 3 heterocycles. The average Bonchev–Trinajstić information content (AvgIpc) is 3.15. The Morgan fingerprint density at radius 1 is 1.56 bits per heavy atom. The second kappa shape index (κ2) is 6.81. The Balaban J connectivity index is 1.61. The van der Waals surface area contributed by atoms with Crippen molar-refractivity contribution in [2.45, 2.75) is 32.0 Å². The predicted octanol–water partition coefficient (Wildman–Crippen LogP) is 1.84. The average molecular weight is 375 g/mol. The van der Waals surface area contributed by atoms with Gasteiger partial charge in [-0.3, -0.25) is 9.79 Å². The highest BCUT2D eigenvalue weighted by Crippen LogP contribution is 2.36. The fourth-order valence-electron chi connectivity index (χ4n) is 3.44. The summed E-state index contributed by atoms with van der Waals surface area (Å²) < 4.78 is 37.8. The van der Waals surface area contributed by atoms with Gasteiger partial charge in [-0.2, -0.15) is 13.2 Å². The Morgan fingerprint density at radius 2 is 2.36 bits per heavy atom. The molecule has 0 saturated carbocycles. The number of rotatable bonds is 2. The lowest BCUT2D eigenvalue weighted by molar-refractivity contribution is -0.140. The lowest BCUT2D eigenvalue weighted by atomic mass is 9.79. The predicted molar refractivity (Wildman–Crippen MR) is 88.2 cm³/mol. The fourth-order valence-corrected chi connectivity index (χ4v) is 4.18. The third-order valence-electron chi connectivity index (χ3n) is 4.61. The Hall–Kier alpha value is -1.84. The number of carbonyl (C=O) groups excluding carboxylic acids is 1. The van der Waals surface area contributed by atoms with E-state index in [-0.39, 0.29) is 17.9 Å². The Morgan fingerprint density at radius 3 is 2.96 bits per heavy atom. The van der Waals surface area contributed by atoms with Crippen molar-refractivity contribution in [2.75, 3.05) is 26.7 Å². The monoisotopic (exact) mass is 375 g/mol. The van der Waals surface area contributed by atoms with Gasteiger partial charge < -0.3 is 15.5 Å². The summed E-state index contributed by atoms with van der Waals surface area (Å²) in [5.41, 5.74) is -0.936. The normalized spacial score (nSPS) is 24.7. The highest BCUT2D eigenvalue weighted by Gasteiger charge is 2.42. The molecule has 1 atom stereocenters. The number of halogens is 3. The van der Waals surface area contributed by atoms with Gasteiger partial charge in [-0.05, 0) is 12.8 Å². The molecule has 1 aromatic rings. The van der Waals surface area contributed by atoms with Crippen molar-refractivity contribution in [1.82, 2.24) is 20.5 Å². The molecule has 1 spiro atoms. The number of nitrogens with zero attached hydrogens (tertiary/aromatic N) is 3. The maximum atomic E-state index is 12.6. The van der Waals surface area contributed by atoms with Gasteiger partial charge in [0.15, 0.2) is 11.7 Å². The number of guanidine groups is 1. The lowest BCUT2D eigenvalue weighted by Gasteiger charge is -2.40. The van der Waals surface area contributed by atoms with Crippen LogP contribution in [0.2, 0.25) is 0 Å². The van der Waals surface area contributed by atoms with Crippen LogP contribution in [0.4, 0.5) is 13.2 Å². The third kappa shape index (κ3) is 4.05. The number of likely N-dealkylation sites (tertiary alicyclic amines) is 1. The van der Waals surface area contributed by atoms with Crippen molar-refractivity contribution in [2.24, 2.45) is 10.4 Å². The topological polar surface area (TPSA) is 69.6 Å². The maximum absolute atomic E-state index is 12.6. The molecule has 1 amide bonds. The molecule has 1 aromatic heterocycles. The second-order valence-electron chi connectivity index (χ2n) is 6.50. The van der Waals surface area contributed by atoms with Crippen LogP contribution in [0.15, 0.2) is 10.4 Å². The first-order chi connectivity index (χ1) is 11.8. The van der Waals surface area contributed by atoms with Crippen LogP contribution in [0.5, 0.6) is 0 Å². The summed E-state index contributed by atoms with van der Waals surface area (Å²) in [5, 5.41) is 7.36. The molecule has 138 valence electrons. The van der Waals surface area contributed by atoms with Crippen molar-refractivity contribution in [1.29, 1.82) is 0 Å². The van der Waals surface area contributed by atoms with Crippen molar-refractivity contribution in [3.05, 3.63) is 16.1 Å². The number of aromatic nitrogens is 1. The van der Waals surface area contributed by atoms with Gasteiger partial charge in [-0.25, -0.2) is 4.98 Å². The van der Waals surface area contributed by atoms with Crippen molar-refractivity contribution in [3.63, 3.8) is 0 Å². The van der Waals surface area contributed by atoms with Crippen molar-refractivity contribution >= 4 is 23.2 Å². The third-order valence-corrected chi connectivity index (χ3v) is 5.46. The molecule has 2 saturated heterocycles. The molecule has 0 bridgehead atoms. The minimum atomic E-state index is -4.42. The zero-order valence-corrected chi connectivity index (χ0v) is 14.6. The van der Waals surface area contributed by atoms with Crippen LogP contribution in [0.3, 0.4) is 0 Å². The van der Waals surface area contributed by atoms with E-state index in [9.17, 15) is 18.0 Å². The van der Waals surface area contributed by atoms with Crippen LogP contribution in [0.1, 0.15) is 30.0 Å². The molecule has 10 heteroatoms. The summed E-state index contributed by atoms with van der Waals surface area (Å²) in [7, 11) is 1.64. The number of carbonyl (C=O) groups is 1. The fraction of sp³-hybridized carbons (Fsp3) is 0.667. The highest BCUT2D eigenvalue weighted by molar-refractivity contribution is 7.09. The summed E-state index contributed by atoms with van der Waals surface area (Å²) >= 11 is 0.973. The molecule has 1 unspecified atom stereocenters. The number of hydrogen-bond donors (Lipinski definition) is 2. The number of hydrogen-bond acceptors (Lipinski definition) is 4. The summed E-state index contributed by atoms with van der Waals surface area (Å²) in [5.74, 6) is 0.703. The molecule has 2 aliphatic rings. The molecule has 0 aliphatic carbocycles. The first-order valence-electron chi connectivity index (χ1n) is 8.05. The van der Waals surface area contributed by atoms with E-state index in [2.05, 4.69) is 25.5 Å². The minimum absolute atomic E-state index is 0.0718. The molecule has 2 fully saturated rings. The van der Waals surface area contributed by atoms with E-state index in [4.69, 9.17) is 0 Å². The molecule has 0 radical (unpaired) electrons. The quantitative estimate of drug-likeness (QED) is 0.611. The number of piperidine rings is 1. The minimum Gasteiger partial charge on any atom is -0.355 e. The zero-order valence-electron chi connectivity index (χ0n) is 13.8. The van der Waals surface area contributed by atoms with Gasteiger partial charge in [0.1, 0.15) is 5.01 Å². The van der Waals surface area contributed by atoms with E-state index in [0.717, 1.165) is 36.1 Å². The molecule has 2 aliphatic heterocycles. The van der Waals surface area contributed by atoms with E-state index in [1.54, 1.807) is 7.05 Å². The zero-order chi connectivity index (χ0) is 18.1. The highest BCUT2D eigenvalue weighted by atomic mass is 32.1. The van der Waals surface area contributed by atoms with E-state index >= 15 is 0 Å². The summed E-state index contributed by atoms with van der Waals surface area (Å²) in [6.45, 7) is 2.37. The van der Waals surface area contributed by atoms with E-state index < -0.39 is 11.9 Å². The van der Waals surface area contributed by atoms with Crippen LogP contribution >= 0.6 is 11.3 Å². The number of aliphatic imine (C=N–C) groups is 1. The van der Waals surface area contributed by atoms with E-state index in [0.29, 0.717) is 30.5 Å². The van der Waals surface area contributed by atoms with Crippen molar-refractivity contribution in [3.8, 4) is 0 Å². The van der Waals surface area contributed by atoms with Gasteiger partial charge in [0, 0.05) is 43.9 Å². The number of nitrogens with one attached hydrogen (secondary N) is 2. The second-order valence-corrected chi connectivity index (χ2v) is 7.45. The first-order valence-corrected chi connectivity index (χ1v) is 8.93. The van der Waals surface area contributed by atoms with Gasteiger partial charge in [0.25, 0.3) is 0 Å². The standard InChI is InChI=1S/C15H20F3N5OS/c1-19-13(20-6-12-22-10(7-25-12)15(16,17)18)23-4-2-3-14(9-23)5-11(24)21-8-14/h7H,2-6,8-9H2,1H3,(H,19,20)(H,21,24). The van der Waals surface area contributed by atoms with Gasteiger partial charge >= 0.3 is 6.18 Å². The van der Waals surface area contributed by atoms with Gasteiger partial charge in [0.05, 0.1) is 6.54 Å². The summed E-state index contributed by atoms with van der Waals surface area (Å²) in [6.07, 6.45) is -1.97. The number of thiazole rings is 1. The van der Waals surface area contributed by atoms with Gasteiger partial charge in [-0.1, -0.05) is 0 Å². The Bertz CT molecular complexity index is 674. The Labute approximate surface area is 147 Å². The largest absolute Gasteiger partial charge is 0.434 e. The molecule has 2 N–H and O–H groups in total. The lowest BCUT2D eigenvalue weighted by Crippen LogP contribution is -2.51. The Kier molecular flexibility index (Phi) is 4.90. The molecular formula is C15H20F3N5OS. The summed E-state index contributed by atoms with van der Waals surface area (Å²) in [4.78, 5) is 21.5. The van der Waals surface area contributed by atoms with E-state index in [1.165, 1.54) is 0 Å². The van der Waals surface area contributed by atoms with Crippen LogP contribution in [0, 0.1) is 5.41 Å². The van der Waals surface area contributed by atoms with Crippen LogP contribution in [-0.4, -0.2) is 48.4 Å². The SMILES string of the molecule is CN=C(NCc1nc(C(F)(F)F)cs1)N1CCCC2(CNC(=O)C2)C1. The molecule has 25 heavy (non-hydrogen) atoms. The molecule has 3 rings (SSSR count). The maximum Gasteiger partial charge on any atom is 0.434 e. The van der Waals surface area contributed by atoms with Crippen LogP contribution in [-0.2, 0) is 17.5 Å². The molecular weight excluding hydrogens is 355 g/mol.